The van der Waals surface area contributed by atoms with Crippen molar-refractivity contribution in [2.45, 2.75) is 25.9 Å². The average molecular weight is 473 g/mol. The molecule has 35 heavy (non-hydrogen) atoms. The molecule has 1 aromatic heterocycles. The number of para-hydroxylation sites is 3. The number of ether oxygens (including phenoxy) is 1. The van der Waals surface area contributed by atoms with E-state index in [1.165, 1.54) is 6.07 Å². The number of imidazole rings is 1. The predicted molar refractivity (Wildman–Crippen MR) is 135 cm³/mol. The molecule has 7 heteroatoms. The summed E-state index contributed by atoms with van der Waals surface area (Å²) in [6.45, 7) is 2.86. The van der Waals surface area contributed by atoms with Crippen molar-refractivity contribution in [3.63, 3.8) is 0 Å². The van der Waals surface area contributed by atoms with E-state index in [1.54, 1.807) is 25.3 Å². The number of aromatic nitrogens is 2. The minimum atomic E-state index is -0.416. The van der Waals surface area contributed by atoms with Crippen LogP contribution in [0.1, 0.15) is 24.2 Å². The number of rotatable bonds is 7. The first-order valence-electron chi connectivity index (χ1n) is 12.0. The summed E-state index contributed by atoms with van der Waals surface area (Å²) in [5.74, 6) is 1.06. The van der Waals surface area contributed by atoms with E-state index < -0.39 is 5.82 Å². The summed E-state index contributed by atoms with van der Waals surface area (Å²) in [5, 5.41) is 2.77. The van der Waals surface area contributed by atoms with E-state index >= 15 is 0 Å². The van der Waals surface area contributed by atoms with Crippen molar-refractivity contribution in [1.82, 2.24) is 14.5 Å². The van der Waals surface area contributed by atoms with Gasteiger partial charge in [-0.2, -0.15) is 0 Å². The standard InChI is InChI=1S/C28H29FN4O2/c1-35-22-14-12-20(13-15-22)17-33-26-11-5-4-10-25(26)30-27(33)19-32-16-6-7-21(18-32)28(34)31-24-9-3-2-8-23(24)29/h2-5,8-15,21H,6-7,16-19H2,1H3,(H,31,34)/t21-/m1/s1. The lowest BCUT2D eigenvalue weighted by atomic mass is 9.97. The van der Waals surface area contributed by atoms with Crippen molar-refractivity contribution in [2.24, 2.45) is 5.92 Å². The van der Waals surface area contributed by atoms with E-state index in [9.17, 15) is 9.18 Å². The lowest BCUT2D eigenvalue weighted by Gasteiger charge is -2.31. The number of carbonyl (C=O) groups is 1. The van der Waals surface area contributed by atoms with E-state index in [4.69, 9.17) is 9.72 Å². The number of halogens is 1. The monoisotopic (exact) mass is 472 g/mol. The van der Waals surface area contributed by atoms with Gasteiger partial charge < -0.3 is 14.6 Å². The van der Waals surface area contributed by atoms with E-state index in [0.29, 0.717) is 19.6 Å². The van der Waals surface area contributed by atoms with Crippen molar-refractivity contribution >= 4 is 22.6 Å². The van der Waals surface area contributed by atoms with E-state index in [1.807, 2.05) is 30.3 Å². The van der Waals surface area contributed by atoms with Gasteiger partial charge in [0, 0.05) is 13.1 Å². The molecule has 1 amide bonds. The molecule has 0 unspecified atom stereocenters. The van der Waals surface area contributed by atoms with Gasteiger partial charge in [-0.3, -0.25) is 9.69 Å². The summed E-state index contributed by atoms with van der Waals surface area (Å²) in [4.78, 5) is 20.1. The maximum Gasteiger partial charge on any atom is 0.228 e. The van der Waals surface area contributed by atoms with Crippen LogP contribution in [-0.2, 0) is 17.9 Å². The molecule has 1 N–H and O–H groups in total. The normalized spacial score (nSPS) is 16.3. The second-order valence-electron chi connectivity index (χ2n) is 8.99. The molecule has 0 radical (unpaired) electrons. The lowest BCUT2D eigenvalue weighted by Crippen LogP contribution is -2.40. The molecule has 0 saturated carbocycles. The number of piperidine rings is 1. The third-order valence-corrected chi connectivity index (χ3v) is 6.61. The minimum Gasteiger partial charge on any atom is -0.497 e. The third-order valence-electron chi connectivity index (χ3n) is 6.61. The molecule has 1 aliphatic rings. The van der Waals surface area contributed by atoms with E-state index in [2.05, 4.69) is 33.0 Å². The van der Waals surface area contributed by atoms with Gasteiger partial charge in [0.25, 0.3) is 0 Å². The number of fused-ring (bicyclic) bond motifs is 1. The summed E-state index contributed by atoms with van der Waals surface area (Å²) in [5.41, 5.74) is 3.44. The van der Waals surface area contributed by atoms with Crippen LogP contribution >= 0.6 is 0 Å². The molecule has 1 saturated heterocycles. The lowest BCUT2D eigenvalue weighted by molar-refractivity contribution is -0.121. The van der Waals surface area contributed by atoms with Gasteiger partial charge in [0.1, 0.15) is 17.4 Å². The molecule has 2 heterocycles. The topological polar surface area (TPSA) is 59.4 Å². The first kappa shape index (κ1) is 23.1. The first-order chi connectivity index (χ1) is 17.1. The average Bonchev–Trinajstić information content (AvgIpc) is 3.22. The maximum absolute atomic E-state index is 14.0. The number of hydrogen-bond donors (Lipinski definition) is 1. The number of anilines is 1. The molecule has 4 aromatic rings. The fraction of sp³-hybridized carbons (Fsp3) is 0.286. The van der Waals surface area contributed by atoms with Gasteiger partial charge >= 0.3 is 0 Å². The molecule has 1 atom stereocenters. The van der Waals surface area contributed by atoms with Gasteiger partial charge in [-0.05, 0) is 61.3 Å². The quantitative estimate of drug-likeness (QED) is 0.407. The van der Waals surface area contributed by atoms with Crippen LogP contribution in [0.2, 0.25) is 0 Å². The van der Waals surface area contributed by atoms with Gasteiger partial charge in [0.05, 0.1) is 36.3 Å². The van der Waals surface area contributed by atoms with Crippen molar-refractivity contribution in [1.29, 1.82) is 0 Å². The Bertz CT molecular complexity index is 1320. The van der Waals surface area contributed by atoms with Crippen molar-refractivity contribution < 1.29 is 13.9 Å². The largest absolute Gasteiger partial charge is 0.497 e. The number of benzene rings is 3. The summed E-state index contributed by atoms with van der Waals surface area (Å²) in [6, 6.07) is 22.5. The number of methoxy groups -OCH3 is 1. The van der Waals surface area contributed by atoms with Crippen LogP contribution in [0.5, 0.6) is 5.75 Å². The SMILES string of the molecule is COc1ccc(Cn2c(CN3CCC[C@@H](C(=O)Nc4ccccc4F)C3)nc3ccccc32)cc1. The van der Waals surface area contributed by atoms with Gasteiger partial charge in [0.2, 0.25) is 5.91 Å². The van der Waals surface area contributed by atoms with Crippen LogP contribution in [0.15, 0.2) is 72.8 Å². The second kappa shape index (κ2) is 10.3. The Morgan fingerprint density at radius 2 is 1.83 bits per heavy atom. The molecular formula is C28H29FN4O2. The van der Waals surface area contributed by atoms with E-state index in [-0.39, 0.29) is 17.5 Å². The Balaban J connectivity index is 1.33. The van der Waals surface area contributed by atoms with E-state index in [0.717, 1.165) is 47.6 Å². The molecule has 3 aromatic carbocycles. The molecule has 6 nitrogen and oxygen atoms in total. The number of nitrogens with zero attached hydrogens (tertiary/aromatic N) is 3. The van der Waals surface area contributed by atoms with Gasteiger partial charge in [0.15, 0.2) is 0 Å². The van der Waals surface area contributed by atoms with Crippen molar-refractivity contribution in [3.8, 4) is 5.75 Å². The highest BCUT2D eigenvalue weighted by molar-refractivity contribution is 5.92. The molecule has 1 fully saturated rings. The zero-order chi connectivity index (χ0) is 24.2. The number of amides is 1. The number of hydrogen-bond acceptors (Lipinski definition) is 4. The van der Waals surface area contributed by atoms with Crippen LogP contribution in [0.3, 0.4) is 0 Å². The fourth-order valence-corrected chi connectivity index (χ4v) is 4.75. The number of nitrogens with one attached hydrogen (secondary N) is 1. The van der Waals surface area contributed by atoms with Crippen LogP contribution in [0.4, 0.5) is 10.1 Å². The first-order valence-corrected chi connectivity index (χ1v) is 12.0. The van der Waals surface area contributed by atoms with Crippen LogP contribution in [0, 0.1) is 11.7 Å². The van der Waals surface area contributed by atoms with Gasteiger partial charge in [-0.25, -0.2) is 9.37 Å². The molecule has 1 aliphatic heterocycles. The molecule has 0 spiro atoms. The maximum atomic E-state index is 14.0. The Morgan fingerprint density at radius 3 is 2.63 bits per heavy atom. The Morgan fingerprint density at radius 1 is 1.06 bits per heavy atom. The predicted octanol–water partition coefficient (Wildman–Crippen LogP) is 5.08. The number of carbonyl (C=O) groups excluding carboxylic acids is 1. The highest BCUT2D eigenvalue weighted by Gasteiger charge is 2.27. The van der Waals surface area contributed by atoms with Crippen LogP contribution in [-0.4, -0.2) is 40.6 Å². The molecular weight excluding hydrogens is 443 g/mol. The summed E-state index contributed by atoms with van der Waals surface area (Å²) in [6.07, 6.45) is 1.70. The van der Waals surface area contributed by atoms with Crippen molar-refractivity contribution in [2.75, 3.05) is 25.5 Å². The van der Waals surface area contributed by atoms with Gasteiger partial charge in [-0.1, -0.05) is 36.4 Å². The second-order valence-corrected chi connectivity index (χ2v) is 8.99. The number of likely N-dealkylation sites (tertiary alicyclic amines) is 1. The summed E-state index contributed by atoms with van der Waals surface area (Å²) in [7, 11) is 1.67. The minimum absolute atomic E-state index is 0.133. The highest BCUT2D eigenvalue weighted by atomic mass is 19.1. The molecule has 0 bridgehead atoms. The molecule has 180 valence electrons. The molecule has 5 rings (SSSR count). The fourth-order valence-electron chi connectivity index (χ4n) is 4.75. The van der Waals surface area contributed by atoms with Crippen LogP contribution < -0.4 is 10.1 Å². The summed E-state index contributed by atoms with van der Waals surface area (Å²) < 4.78 is 21.5. The Hall–Kier alpha value is -3.71. The van der Waals surface area contributed by atoms with Gasteiger partial charge in [-0.15, -0.1) is 0 Å². The third kappa shape index (κ3) is 5.20. The van der Waals surface area contributed by atoms with Crippen molar-refractivity contribution in [3.05, 3.63) is 90.0 Å². The Kier molecular flexibility index (Phi) is 6.77. The summed E-state index contributed by atoms with van der Waals surface area (Å²) >= 11 is 0. The zero-order valence-electron chi connectivity index (χ0n) is 19.8. The zero-order valence-corrected chi connectivity index (χ0v) is 19.8. The Labute approximate surface area is 204 Å². The molecule has 0 aliphatic carbocycles. The van der Waals surface area contributed by atoms with Crippen LogP contribution in [0.25, 0.3) is 11.0 Å². The highest BCUT2D eigenvalue weighted by Crippen LogP contribution is 2.24. The smallest absolute Gasteiger partial charge is 0.228 e.